The van der Waals surface area contributed by atoms with E-state index in [4.69, 9.17) is 0 Å². The Hall–Kier alpha value is -0.300. The average molecular weight is 253 g/mol. The lowest BCUT2D eigenvalue weighted by Gasteiger charge is -2.21. The molecule has 0 aliphatic heterocycles. The van der Waals surface area contributed by atoms with E-state index in [-0.39, 0.29) is 0 Å². The fraction of sp³-hybridized carbons (Fsp3) is 0.882. The predicted octanol–water partition coefficient (Wildman–Crippen LogP) is 5.46. The van der Waals surface area contributed by atoms with Crippen molar-refractivity contribution >= 4 is 0 Å². The van der Waals surface area contributed by atoms with Gasteiger partial charge in [0.1, 0.15) is 0 Å². The summed E-state index contributed by atoms with van der Waals surface area (Å²) in [6, 6.07) is 1.09. The summed E-state index contributed by atoms with van der Waals surface area (Å²) in [6.07, 6.45) is 12.2. The number of rotatable bonds is 12. The van der Waals surface area contributed by atoms with Crippen LogP contribution in [-0.2, 0) is 0 Å². The third-order valence-corrected chi connectivity index (χ3v) is 3.84. The van der Waals surface area contributed by atoms with Crippen molar-refractivity contribution in [2.24, 2.45) is 0 Å². The Morgan fingerprint density at radius 1 is 0.944 bits per heavy atom. The zero-order valence-corrected chi connectivity index (χ0v) is 13.2. The van der Waals surface area contributed by atoms with Crippen LogP contribution in [0, 0.1) is 0 Å². The Kier molecular flexibility index (Phi) is 11.6. The van der Waals surface area contributed by atoms with Gasteiger partial charge in [0, 0.05) is 12.1 Å². The molecule has 108 valence electrons. The highest BCUT2D eigenvalue weighted by molar-refractivity contribution is 5.02. The number of unbranched alkanes of at least 4 members (excludes halogenated alkanes) is 6. The van der Waals surface area contributed by atoms with Crippen molar-refractivity contribution in [3.8, 4) is 0 Å². The van der Waals surface area contributed by atoms with Gasteiger partial charge in [-0.2, -0.15) is 0 Å². The molecule has 0 aromatic carbocycles. The van der Waals surface area contributed by atoms with Gasteiger partial charge in [-0.3, -0.25) is 0 Å². The Bertz CT molecular complexity index is 198. The summed E-state index contributed by atoms with van der Waals surface area (Å²) in [5.41, 5.74) is 1.32. The molecule has 0 aliphatic rings. The minimum Gasteiger partial charge on any atom is -0.308 e. The molecule has 0 saturated heterocycles. The molecule has 1 heteroatoms. The second kappa shape index (κ2) is 11.8. The van der Waals surface area contributed by atoms with E-state index in [1.54, 1.807) is 0 Å². The fourth-order valence-corrected chi connectivity index (χ4v) is 2.34. The normalized spacial score (nSPS) is 14.4. The maximum absolute atomic E-state index is 4.10. The lowest BCUT2D eigenvalue weighted by atomic mass is 10.0. The monoisotopic (exact) mass is 253 g/mol. The van der Waals surface area contributed by atoms with E-state index in [2.05, 4.69) is 39.6 Å². The minimum absolute atomic E-state index is 0.467. The molecule has 0 saturated carbocycles. The molecule has 0 heterocycles. The Balaban J connectivity index is 3.42. The second-order valence-corrected chi connectivity index (χ2v) is 5.71. The van der Waals surface area contributed by atoms with Crippen molar-refractivity contribution < 1.29 is 0 Å². The van der Waals surface area contributed by atoms with Crippen LogP contribution in [0.1, 0.15) is 85.5 Å². The molecule has 0 radical (unpaired) electrons. The second-order valence-electron chi connectivity index (χ2n) is 5.71. The molecule has 0 amide bonds. The van der Waals surface area contributed by atoms with Gasteiger partial charge in [0.15, 0.2) is 0 Å². The molecule has 0 rings (SSSR count). The van der Waals surface area contributed by atoms with Gasteiger partial charge in [-0.05, 0) is 26.7 Å². The van der Waals surface area contributed by atoms with E-state index >= 15 is 0 Å². The van der Waals surface area contributed by atoms with Crippen molar-refractivity contribution in [2.45, 2.75) is 97.6 Å². The third-order valence-electron chi connectivity index (χ3n) is 3.84. The van der Waals surface area contributed by atoms with Gasteiger partial charge in [0.2, 0.25) is 0 Å². The van der Waals surface area contributed by atoms with E-state index in [9.17, 15) is 0 Å². The quantitative estimate of drug-likeness (QED) is 0.360. The van der Waals surface area contributed by atoms with Crippen LogP contribution in [0.15, 0.2) is 12.2 Å². The summed E-state index contributed by atoms with van der Waals surface area (Å²) < 4.78 is 0. The Morgan fingerprint density at radius 2 is 1.50 bits per heavy atom. The lowest BCUT2D eigenvalue weighted by Crippen LogP contribution is -2.35. The van der Waals surface area contributed by atoms with Crippen LogP contribution in [0.25, 0.3) is 0 Å². The van der Waals surface area contributed by atoms with E-state index in [0.29, 0.717) is 12.1 Å². The van der Waals surface area contributed by atoms with Gasteiger partial charge in [-0.1, -0.05) is 70.9 Å². The molecular formula is C17H35N. The molecule has 1 N–H and O–H groups in total. The van der Waals surface area contributed by atoms with Crippen LogP contribution >= 0.6 is 0 Å². The first-order valence-corrected chi connectivity index (χ1v) is 8.05. The van der Waals surface area contributed by atoms with Crippen LogP contribution in [-0.4, -0.2) is 12.1 Å². The largest absolute Gasteiger partial charge is 0.308 e. The van der Waals surface area contributed by atoms with Crippen LogP contribution in [0.2, 0.25) is 0 Å². The maximum Gasteiger partial charge on any atom is 0.0250 e. The van der Waals surface area contributed by atoms with Crippen molar-refractivity contribution in [1.82, 2.24) is 5.32 Å². The van der Waals surface area contributed by atoms with Crippen LogP contribution < -0.4 is 5.32 Å². The molecule has 0 spiro atoms. The van der Waals surface area contributed by atoms with Crippen molar-refractivity contribution in [3.05, 3.63) is 12.2 Å². The van der Waals surface area contributed by atoms with Gasteiger partial charge in [0.05, 0.1) is 0 Å². The SMILES string of the molecule is C=C(CC)C(C)NC(C)CCCCCCCCC. The first-order valence-electron chi connectivity index (χ1n) is 8.05. The predicted molar refractivity (Wildman–Crippen MR) is 84.1 cm³/mol. The molecule has 2 unspecified atom stereocenters. The molecule has 0 fully saturated rings. The van der Waals surface area contributed by atoms with Crippen LogP contribution in [0.5, 0.6) is 0 Å². The van der Waals surface area contributed by atoms with Crippen molar-refractivity contribution in [2.75, 3.05) is 0 Å². The fourth-order valence-electron chi connectivity index (χ4n) is 2.34. The average Bonchev–Trinajstić information content (AvgIpc) is 2.36. The molecular weight excluding hydrogens is 218 g/mol. The summed E-state index contributed by atoms with van der Waals surface area (Å²) in [4.78, 5) is 0. The van der Waals surface area contributed by atoms with Gasteiger partial charge < -0.3 is 5.32 Å². The highest BCUT2D eigenvalue weighted by Crippen LogP contribution is 2.11. The zero-order chi connectivity index (χ0) is 13.8. The summed E-state index contributed by atoms with van der Waals surface area (Å²) in [6.45, 7) is 13.1. The van der Waals surface area contributed by atoms with E-state index in [0.717, 1.165) is 6.42 Å². The van der Waals surface area contributed by atoms with E-state index in [1.807, 2.05) is 0 Å². The number of hydrogen-bond acceptors (Lipinski definition) is 1. The Morgan fingerprint density at radius 3 is 2.06 bits per heavy atom. The van der Waals surface area contributed by atoms with Gasteiger partial charge in [0.25, 0.3) is 0 Å². The van der Waals surface area contributed by atoms with Crippen LogP contribution in [0.4, 0.5) is 0 Å². The van der Waals surface area contributed by atoms with E-state index < -0.39 is 0 Å². The summed E-state index contributed by atoms with van der Waals surface area (Å²) in [7, 11) is 0. The summed E-state index contributed by atoms with van der Waals surface area (Å²) >= 11 is 0. The maximum atomic E-state index is 4.10. The molecule has 0 aliphatic carbocycles. The molecule has 0 bridgehead atoms. The smallest absolute Gasteiger partial charge is 0.0250 e. The first kappa shape index (κ1) is 17.7. The molecule has 1 nitrogen and oxygen atoms in total. The lowest BCUT2D eigenvalue weighted by molar-refractivity contribution is 0.448. The number of hydrogen-bond donors (Lipinski definition) is 1. The van der Waals surface area contributed by atoms with Crippen molar-refractivity contribution in [3.63, 3.8) is 0 Å². The topological polar surface area (TPSA) is 12.0 Å². The van der Waals surface area contributed by atoms with Crippen LogP contribution in [0.3, 0.4) is 0 Å². The zero-order valence-electron chi connectivity index (χ0n) is 13.2. The molecule has 18 heavy (non-hydrogen) atoms. The van der Waals surface area contributed by atoms with Gasteiger partial charge >= 0.3 is 0 Å². The molecule has 0 aromatic rings. The standard InChI is InChI=1S/C17H35N/c1-6-8-9-10-11-12-13-14-16(4)18-17(5)15(3)7-2/h16-18H,3,6-14H2,1-2,4-5H3. The molecule has 0 aromatic heterocycles. The van der Waals surface area contributed by atoms with Gasteiger partial charge in [-0.25, -0.2) is 0 Å². The van der Waals surface area contributed by atoms with Gasteiger partial charge in [-0.15, -0.1) is 0 Å². The van der Waals surface area contributed by atoms with E-state index in [1.165, 1.54) is 56.9 Å². The molecule has 2 atom stereocenters. The van der Waals surface area contributed by atoms with Crippen molar-refractivity contribution in [1.29, 1.82) is 0 Å². The highest BCUT2D eigenvalue weighted by Gasteiger charge is 2.08. The summed E-state index contributed by atoms with van der Waals surface area (Å²) in [5, 5.41) is 3.64. The first-order chi connectivity index (χ1) is 8.61. The number of nitrogens with one attached hydrogen (secondary N) is 1. The summed E-state index contributed by atoms with van der Waals surface area (Å²) in [5.74, 6) is 0. The minimum atomic E-state index is 0.467. The third kappa shape index (κ3) is 9.70. The Labute approximate surface area is 115 Å². The highest BCUT2D eigenvalue weighted by atomic mass is 14.9.